The maximum atomic E-state index is 12.1. The zero-order chi connectivity index (χ0) is 13.5. The Morgan fingerprint density at radius 2 is 1.83 bits per heavy atom. The summed E-state index contributed by atoms with van der Waals surface area (Å²) < 4.78 is 10.3. The average Bonchev–Trinajstić information content (AvgIpc) is 2.40. The van der Waals surface area contributed by atoms with Crippen molar-refractivity contribution in [2.45, 2.75) is 44.9 Å². The largest absolute Gasteiger partial charge is 0.354 e. The van der Waals surface area contributed by atoms with Gasteiger partial charge >= 0.3 is 0 Å². The van der Waals surface area contributed by atoms with Gasteiger partial charge in [-0.2, -0.15) is 0 Å². The minimum atomic E-state index is -0.394. The Hall–Kier alpha value is -0.650. The van der Waals surface area contributed by atoms with Crippen LogP contribution in [0.3, 0.4) is 0 Å². The second-order valence-corrected chi connectivity index (χ2v) is 5.09. The molecule has 3 N–H and O–H groups in total. The number of carbonyl (C=O) groups excluding carboxylic acids is 1. The number of amides is 1. The molecule has 18 heavy (non-hydrogen) atoms. The lowest BCUT2D eigenvalue weighted by Crippen LogP contribution is -2.46. The maximum absolute atomic E-state index is 12.1. The van der Waals surface area contributed by atoms with Crippen molar-refractivity contribution in [3.63, 3.8) is 0 Å². The van der Waals surface area contributed by atoms with Gasteiger partial charge < -0.3 is 20.5 Å². The Bertz CT molecular complexity index is 249. The van der Waals surface area contributed by atoms with Crippen LogP contribution in [0.2, 0.25) is 0 Å². The van der Waals surface area contributed by atoms with Crippen LogP contribution in [0.1, 0.15) is 32.6 Å². The van der Waals surface area contributed by atoms with Gasteiger partial charge in [0.2, 0.25) is 5.91 Å². The molecule has 0 aliphatic heterocycles. The van der Waals surface area contributed by atoms with E-state index in [4.69, 9.17) is 15.2 Å². The molecule has 0 bridgehead atoms. The van der Waals surface area contributed by atoms with Crippen LogP contribution in [-0.4, -0.2) is 39.0 Å². The van der Waals surface area contributed by atoms with Gasteiger partial charge in [-0.1, -0.05) is 0 Å². The number of rotatable bonds is 6. The van der Waals surface area contributed by atoms with E-state index in [1.54, 1.807) is 14.2 Å². The Morgan fingerprint density at radius 1 is 1.28 bits per heavy atom. The fraction of sp³-hybridized carbons (Fsp3) is 0.923. The zero-order valence-corrected chi connectivity index (χ0v) is 11.6. The normalized spacial score (nSPS) is 26.1. The van der Waals surface area contributed by atoms with Crippen LogP contribution >= 0.6 is 0 Å². The summed E-state index contributed by atoms with van der Waals surface area (Å²) in [5.74, 6) is 0.818. The highest BCUT2D eigenvalue weighted by Gasteiger charge is 2.27. The summed E-state index contributed by atoms with van der Waals surface area (Å²) >= 11 is 0. The average molecular weight is 258 g/mol. The van der Waals surface area contributed by atoms with Crippen LogP contribution in [0.15, 0.2) is 0 Å². The van der Waals surface area contributed by atoms with Crippen molar-refractivity contribution in [2.75, 3.05) is 20.8 Å². The molecule has 1 amide bonds. The minimum Gasteiger partial charge on any atom is -0.354 e. The molecule has 106 valence electrons. The number of hydrogen-bond donors (Lipinski definition) is 2. The quantitative estimate of drug-likeness (QED) is 0.693. The van der Waals surface area contributed by atoms with Crippen LogP contribution in [0.5, 0.6) is 0 Å². The van der Waals surface area contributed by atoms with Gasteiger partial charge in [0.1, 0.15) is 0 Å². The van der Waals surface area contributed by atoms with Crippen LogP contribution in [0.25, 0.3) is 0 Å². The van der Waals surface area contributed by atoms with E-state index in [0.717, 1.165) is 32.2 Å². The van der Waals surface area contributed by atoms with Crippen molar-refractivity contribution in [3.8, 4) is 0 Å². The summed E-state index contributed by atoms with van der Waals surface area (Å²) in [7, 11) is 3.15. The zero-order valence-electron chi connectivity index (χ0n) is 11.6. The topological polar surface area (TPSA) is 73.6 Å². The summed E-state index contributed by atoms with van der Waals surface area (Å²) in [5.41, 5.74) is 5.65. The van der Waals surface area contributed by atoms with E-state index in [0.29, 0.717) is 5.92 Å². The maximum Gasteiger partial charge on any atom is 0.223 e. The molecule has 0 aromatic carbocycles. The predicted octanol–water partition coefficient (Wildman–Crippen LogP) is 0.875. The van der Waals surface area contributed by atoms with Gasteiger partial charge in [0.25, 0.3) is 0 Å². The van der Waals surface area contributed by atoms with Crippen LogP contribution in [-0.2, 0) is 14.3 Å². The molecule has 0 spiro atoms. The standard InChI is InChI=1S/C13H26N2O3/c1-9(13(17-2)18-3)15-12(16)11-6-4-10(8-14)5-7-11/h9-11,13H,4-8,14H2,1-3H3,(H,15,16). The van der Waals surface area contributed by atoms with E-state index in [-0.39, 0.29) is 17.9 Å². The van der Waals surface area contributed by atoms with E-state index in [1.165, 1.54) is 0 Å². The van der Waals surface area contributed by atoms with Crippen molar-refractivity contribution < 1.29 is 14.3 Å². The molecule has 0 aromatic rings. The highest BCUT2D eigenvalue weighted by Crippen LogP contribution is 2.28. The third kappa shape index (κ3) is 4.23. The molecule has 0 radical (unpaired) electrons. The van der Waals surface area contributed by atoms with Crippen LogP contribution < -0.4 is 11.1 Å². The van der Waals surface area contributed by atoms with Crippen molar-refractivity contribution in [1.82, 2.24) is 5.32 Å². The Labute approximate surface area is 109 Å². The number of carbonyl (C=O) groups is 1. The summed E-state index contributed by atoms with van der Waals surface area (Å²) in [6.07, 6.45) is 3.59. The van der Waals surface area contributed by atoms with E-state index in [9.17, 15) is 4.79 Å². The molecule has 5 nitrogen and oxygen atoms in total. The fourth-order valence-corrected chi connectivity index (χ4v) is 2.58. The molecular weight excluding hydrogens is 232 g/mol. The highest BCUT2D eigenvalue weighted by atomic mass is 16.7. The number of nitrogens with one attached hydrogen (secondary N) is 1. The van der Waals surface area contributed by atoms with Crippen LogP contribution in [0, 0.1) is 11.8 Å². The van der Waals surface area contributed by atoms with Gasteiger partial charge in [-0.05, 0) is 45.1 Å². The Kier molecular flexibility index (Phi) is 6.60. The predicted molar refractivity (Wildman–Crippen MR) is 69.9 cm³/mol. The first-order valence-electron chi connectivity index (χ1n) is 6.68. The lowest BCUT2D eigenvalue weighted by atomic mass is 9.81. The molecule has 1 aliphatic rings. The molecule has 5 heteroatoms. The van der Waals surface area contributed by atoms with E-state index < -0.39 is 6.29 Å². The van der Waals surface area contributed by atoms with Crippen molar-refractivity contribution in [2.24, 2.45) is 17.6 Å². The van der Waals surface area contributed by atoms with E-state index in [2.05, 4.69) is 5.32 Å². The minimum absolute atomic E-state index is 0.108. The molecule has 0 saturated heterocycles. The van der Waals surface area contributed by atoms with Gasteiger partial charge in [0.05, 0.1) is 6.04 Å². The van der Waals surface area contributed by atoms with Gasteiger partial charge in [-0.3, -0.25) is 4.79 Å². The fourth-order valence-electron chi connectivity index (χ4n) is 2.58. The van der Waals surface area contributed by atoms with Crippen molar-refractivity contribution >= 4 is 5.91 Å². The van der Waals surface area contributed by atoms with Crippen molar-refractivity contribution in [1.29, 1.82) is 0 Å². The first-order valence-corrected chi connectivity index (χ1v) is 6.68. The molecule has 1 unspecified atom stereocenters. The molecular formula is C13H26N2O3. The second kappa shape index (κ2) is 7.71. The lowest BCUT2D eigenvalue weighted by Gasteiger charge is -2.29. The van der Waals surface area contributed by atoms with Crippen LogP contribution in [0.4, 0.5) is 0 Å². The second-order valence-electron chi connectivity index (χ2n) is 5.09. The monoisotopic (exact) mass is 258 g/mol. The van der Waals surface area contributed by atoms with E-state index >= 15 is 0 Å². The van der Waals surface area contributed by atoms with Crippen molar-refractivity contribution in [3.05, 3.63) is 0 Å². The van der Waals surface area contributed by atoms with E-state index in [1.807, 2.05) is 6.92 Å². The number of ether oxygens (including phenoxy) is 2. The SMILES string of the molecule is COC(OC)C(C)NC(=O)C1CCC(CN)CC1. The third-order valence-electron chi connectivity index (χ3n) is 3.79. The molecule has 1 aliphatic carbocycles. The number of nitrogens with two attached hydrogens (primary N) is 1. The molecule has 1 rings (SSSR count). The molecule has 1 saturated carbocycles. The van der Waals surface area contributed by atoms with Gasteiger partial charge in [0, 0.05) is 20.1 Å². The summed E-state index contributed by atoms with van der Waals surface area (Å²) in [6.45, 7) is 2.63. The number of hydrogen-bond acceptors (Lipinski definition) is 4. The summed E-state index contributed by atoms with van der Waals surface area (Å²) in [6, 6.07) is -0.139. The first-order chi connectivity index (χ1) is 8.62. The van der Waals surface area contributed by atoms with Gasteiger partial charge in [0.15, 0.2) is 6.29 Å². The van der Waals surface area contributed by atoms with Gasteiger partial charge in [-0.25, -0.2) is 0 Å². The first kappa shape index (κ1) is 15.4. The highest BCUT2D eigenvalue weighted by molar-refractivity contribution is 5.79. The Balaban J connectivity index is 2.37. The molecule has 1 fully saturated rings. The smallest absolute Gasteiger partial charge is 0.223 e. The summed E-state index contributed by atoms with van der Waals surface area (Å²) in [4.78, 5) is 12.1. The molecule has 0 heterocycles. The Morgan fingerprint density at radius 3 is 2.28 bits per heavy atom. The molecule has 1 atom stereocenters. The lowest BCUT2D eigenvalue weighted by molar-refractivity contribution is -0.139. The third-order valence-corrected chi connectivity index (χ3v) is 3.79. The number of methoxy groups -OCH3 is 2. The van der Waals surface area contributed by atoms with Gasteiger partial charge in [-0.15, -0.1) is 0 Å². The summed E-state index contributed by atoms with van der Waals surface area (Å²) in [5, 5.41) is 2.96. The molecule has 0 aromatic heterocycles.